The van der Waals surface area contributed by atoms with Gasteiger partial charge in [-0.25, -0.2) is 4.79 Å². The topological polar surface area (TPSA) is 64.6 Å². The minimum absolute atomic E-state index is 0.204. The summed E-state index contributed by atoms with van der Waals surface area (Å²) in [7, 11) is 1.61. The van der Waals surface area contributed by atoms with Crippen molar-refractivity contribution in [1.29, 1.82) is 0 Å². The van der Waals surface area contributed by atoms with E-state index in [0.717, 1.165) is 42.6 Å². The second kappa shape index (κ2) is 9.06. The van der Waals surface area contributed by atoms with Gasteiger partial charge in [-0.1, -0.05) is 12.1 Å². The zero-order valence-corrected chi connectivity index (χ0v) is 17.2. The maximum Gasteiger partial charge on any atom is 0.341 e. The molecule has 0 spiro atoms. The first kappa shape index (κ1) is 20.1. The van der Waals surface area contributed by atoms with E-state index >= 15 is 0 Å². The number of ether oxygens (including phenoxy) is 2. The predicted octanol–water partition coefficient (Wildman–Crippen LogP) is 4.85. The van der Waals surface area contributed by atoms with Crippen molar-refractivity contribution in [2.45, 2.75) is 45.6 Å². The molecule has 0 fully saturated rings. The van der Waals surface area contributed by atoms with Crippen LogP contribution >= 0.6 is 11.3 Å². The third-order valence-electron chi connectivity index (χ3n) is 4.50. The Bertz CT molecular complexity index is 881. The number of hydrogen-bond acceptors (Lipinski definition) is 5. The van der Waals surface area contributed by atoms with E-state index < -0.39 is 0 Å². The molecule has 1 aromatic heterocycles. The number of rotatable bonds is 6. The van der Waals surface area contributed by atoms with Gasteiger partial charge < -0.3 is 14.8 Å². The number of amides is 1. The summed E-state index contributed by atoms with van der Waals surface area (Å²) in [6.07, 6.45) is 6.95. The first-order valence-corrected chi connectivity index (χ1v) is 10.3. The monoisotopic (exact) mass is 399 g/mol. The number of carbonyl (C=O) groups excluding carboxylic acids is 2. The summed E-state index contributed by atoms with van der Waals surface area (Å²) in [5.74, 6) is 0.135. The molecule has 1 aromatic carbocycles. The van der Waals surface area contributed by atoms with Crippen molar-refractivity contribution in [3.63, 3.8) is 0 Å². The van der Waals surface area contributed by atoms with Crippen molar-refractivity contribution in [3.8, 4) is 5.75 Å². The number of carbonyl (C=O) groups is 2. The summed E-state index contributed by atoms with van der Waals surface area (Å²) >= 11 is 1.49. The van der Waals surface area contributed by atoms with Gasteiger partial charge in [0.1, 0.15) is 10.8 Å². The van der Waals surface area contributed by atoms with Gasteiger partial charge in [-0.15, -0.1) is 11.3 Å². The number of benzene rings is 1. The molecule has 0 bridgehead atoms. The molecule has 5 nitrogen and oxygen atoms in total. The van der Waals surface area contributed by atoms with Gasteiger partial charge in [0.15, 0.2) is 0 Å². The molecule has 0 atom stereocenters. The number of aryl methyl sites for hydroxylation is 1. The largest absolute Gasteiger partial charge is 0.497 e. The molecule has 0 aliphatic heterocycles. The third-order valence-corrected chi connectivity index (χ3v) is 5.71. The lowest BCUT2D eigenvalue weighted by Crippen LogP contribution is -2.17. The Morgan fingerprint density at radius 3 is 2.54 bits per heavy atom. The second-order valence-corrected chi connectivity index (χ2v) is 8.07. The Kier molecular flexibility index (Phi) is 6.52. The zero-order valence-electron chi connectivity index (χ0n) is 16.4. The molecular formula is C22H25NO4S. The highest BCUT2D eigenvalue weighted by Crippen LogP contribution is 2.38. The molecule has 28 heavy (non-hydrogen) atoms. The Labute approximate surface area is 169 Å². The maximum absolute atomic E-state index is 12.6. The van der Waals surface area contributed by atoms with E-state index in [-0.39, 0.29) is 18.0 Å². The summed E-state index contributed by atoms with van der Waals surface area (Å²) in [5, 5.41) is 3.47. The van der Waals surface area contributed by atoms with Crippen molar-refractivity contribution in [2.75, 3.05) is 12.4 Å². The van der Waals surface area contributed by atoms with Gasteiger partial charge in [0.25, 0.3) is 0 Å². The third kappa shape index (κ3) is 4.81. The van der Waals surface area contributed by atoms with Crippen LogP contribution in [0.1, 0.15) is 53.1 Å². The average molecular weight is 400 g/mol. The van der Waals surface area contributed by atoms with E-state index in [1.165, 1.54) is 22.3 Å². The lowest BCUT2D eigenvalue weighted by Gasteiger charge is -2.14. The summed E-state index contributed by atoms with van der Waals surface area (Å²) in [6, 6.07) is 7.42. The van der Waals surface area contributed by atoms with E-state index in [1.54, 1.807) is 13.2 Å². The fourth-order valence-electron chi connectivity index (χ4n) is 3.18. The number of methoxy groups -OCH3 is 1. The highest BCUT2D eigenvalue weighted by Gasteiger charge is 2.27. The van der Waals surface area contributed by atoms with Gasteiger partial charge in [-0.2, -0.15) is 0 Å². The fraction of sp³-hybridized carbons (Fsp3) is 0.364. The summed E-state index contributed by atoms with van der Waals surface area (Å²) in [5.41, 5.74) is 2.46. The molecule has 0 saturated carbocycles. The van der Waals surface area contributed by atoms with Crippen LogP contribution in [0.3, 0.4) is 0 Å². The van der Waals surface area contributed by atoms with E-state index in [2.05, 4.69) is 5.32 Å². The summed E-state index contributed by atoms with van der Waals surface area (Å²) < 4.78 is 10.6. The van der Waals surface area contributed by atoms with Crippen molar-refractivity contribution in [1.82, 2.24) is 0 Å². The number of fused-ring (bicyclic) bond motifs is 1. The van der Waals surface area contributed by atoms with Crippen LogP contribution in [-0.4, -0.2) is 25.1 Å². The lowest BCUT2D eigenvalue weighted by atomic mass is 9.95. The van der Waals surface area contributed by atoms with Crippen molar-refractivity contribution >= 4 is 34.3 Å². The summed E-state index contributed by atoms with van der Waals surface area (Å²) in [6.45, 7) is 3.65. The van der Waals surface area contributed by atoms with E-state index in [4.69, 9.17) is 9.47 Å². The van der Waals surface area contributed by atoms with Gasteiger partial charge in [0.2, 0.25) is 5.91 Å². The van der Waals surface area contributed by atoms with E-state index in [1.807, 2.05) is 38.1 Å². The highest BCUT2D eigenvalue weighted by atomic mass is 32.1. The number of anilines is 1. The molecule has 0 unspecified atom stereocenters. The zero-order chi connectivity index (χ0) is 20.1. The van der Waals surface area contributed by atoms with Crippen molar-refractivity contribution < 1.29 is 19.1 Å². The molecule has 1 N–H and O–H groups in total. The first-order valence-electron chi connectivity index (χ1n) is 9.46. The van der Waals surface area contributed by atoms with Gasteiger partial charge in [0.05, 0.1) is 18.8 Å². The molecular weight excluding hydrogens is 374 g/mol. The molecule has 0 radical (unpaired) electrons. The van der Waals surface area contributed by atoms with E-state index in [0.29, 0.717) is 10.6 Å². The Morgan fingerprint density at radius 1 is 1.14 bits per heavy atom. The molecule has 1 aliphatic rings. The van der Waals surface area contributed by atoms with Crippen LogP contribution in [0.25, 0.3) is 6.08 Å². The number of hydrogen-bond donors (Lipinski definition) is 1. The number of esters is 1. The molecule has 1 aliphatic carbocycles. The van der Waals surface area contributed by atoms with E-state index in [9.17, 15) is 9.59 Å². The molecule has 3 rings (SSSR count). The minimum Gasteiger partial charge on any atom is -0.497 e. The molecule has 0 saturated heterocycles. The summed E-state index contributed by atoms with van der Waals surface area (Å²) in [4.78, 5) is 26.3. The standard InChI is InChI=1S/C22H25NO4S/c1-14(2)27-22(25)20-17-6-4-5-7-18(17)28-21(20)23-19(24)13-10-15-8-11-16(26-3)12-9-15/h8-14H,4-7H2,1-3H3,(H,23,24)/b13-10+. The van der Waals surface area contributed by atoms with Crippen LogP contribution in [0.5, 0.6) is 5.75 Å². The predicted molar refractivity (Wildman–Crippen MR) is 112 cm³/mol. The Hall–Kier alpha value is -2.60. The van der Waals surface area contributed by atoms with Crippen LogP contribution in [0.15, 0.2) is 30.3 Å². The quantitative estimate of drug-likeness (QED) is 0.557. The molecule has 2 aromatic rings. The SMILES string of the molecule is COc1ccc(/C=C/C(=O)Nc2sc3c(c2C(=O)OC(C)C)CCCC3)cc1. The molecule has 1 heterocycles. The van der Waals surface area contributed by atoms with Crippen LogP contribution in [0, 0.1) is 0 Å². The van der Waals surface area contributed by atoms with Gasteiger partial charge >= 0.3 is 5.97 Å². The Balaban J connectivity index is 1.78. The van der Waals surface area contributed by atoms with Crippen molar-refractivity contribution in [3.05, 3.63) is 51.9 Å². The van der Waals surface area contributed by atoms with Gasteiger partial charge in [-0.3, -0.25) is 4.79 Å². The fourth-order valence-corrected chi connectivity index (χ4v) is 4.46. The number of thiophene rings is 1. The maximum atomic E-state index is 12.6. The van der Waals surface area contributed by atoms with Gasteiger partial charge in [0, 0.05) is 11.0 Å². The van der Waals surface area contributed by atoms with Crippen LogP contribution in [0.2, 0.25) is 0 Å². The minimum atomic E-state index is -0.358. The van der Waals surface area contributed by atoms with Crippen molar-refractivity contribution in [2.24, 2.45) is 0 Å². The normalized spacial score (nSPS) is 13.4. The number of nitrogens with one attached hydrogen (secondary N) is 1. The average Bonchev–Trinajstić information content (AvgIpc) is 3.04. The lowest BCUT2D eigenvalue weighted by molar-refractivity contribution is -0.111. The first-order chi connectivity index (χ1) is 13.5. The molecule has 148 valence electrons. The highest BCUT2D eigenvalue weighted by molar-refractivity contribution is 7.17. The van der Waals surface area contributed by atoms with Crippen LogP contribution in [0.4, 0.5) is 5.00 Å². The second-order valence-electron chi connectivity index (χ2n) is 6.96. The van der Waals surface area contributed by atoms with Crippen LogP contribution < -0.4 is 10.1 Å². The van der Waals surface area contributed by atoms with Gasteiger partial charge in [-0.05, 0) is 68.9 Å². The smallest absolute Gasteiger partial charge is 0.341 e. The van der Waals surface area contributed by atoms with Crippen LogP contribution in [-0.2, 0) is 22.4 Å². The molecule has 1 amide bonds. The molecule has 6 heteroatoms. The Morgan fingerprint density at radius 2 is 1.86 bits per heavy atom.